The zero-order chi connectivity index (χ0) is 21.6. The molecular weight excluding hydrogens is 394 g/mol. The minimum absolute atomic E-state index is 0.0688. The van der Waals surface area contributed by atoms with E-state index < -0.39 is 15.9 Å². The van der Waals surface area contributed by atoms with Crippen LogP contribution in [0.1, 0.15) is 28.4 Å². The molecule has 0 radical (unpaired) electrons. The predicted molar refractivity (Wildman–Crippen MR) is 111 cm³/mol. The number of benzene rings is 2. The highest BCUT2D eigenvalue weighted by molar-refractivity contribution is 7.89. The summed E-state index contributed by atoms with van der Waals surface area (Å²) in [7, 11) is -2.36. The average Bonchev–Trinajstić information content (AvgIpc) is 2.69. The van der Waals surface area contributed by atoms with Crippen molar-refractivity contribution in [1.29, 1.82) is 0 Å². The van der Waals surface area contributed by atoms with E-state index in [1.807, 2.05) is 6.92 Å². The summed E-state index contributed by atoms with van der Waals surface area (Å²) in [5, 5.41) is 5.36. The van der Waals surface area contributed by atoms with E-state index >= 15 is 0 Å². The van der Waals surface area contributed by atoms with E-state index in [0.29, 0.717) is 29.1 Å². The van der Waals surface area contributed by atoms with E-state index in [9.17, 15) is 18.0 Å². The van der Waals surface area contributed by atoms with E-state index in [2.05, 4.69) is 15.4 Å². The number of amides is 2. The molecule has 29 heavy (non-hydrogen) atoms. The topological polar surface area (TPSA) is 114 Å². The highest BCUT2D eigenvalue weighted by atomic mass is 32.2. The number of likely N-dealkylation sites (N-methyl/N-ethyl adjacent to an activating group) is 1. The zero-order valence-electron chi connectivity index (χ0n) is 16.8. The fraction of sp³-hybridized carbons (Fsp3) is 0.300. The lowest BCUT2D eigenvalue weighted by Crippen LogP contribution is -2.28. The van der Waals surface area contributed by atoms with Crippen LogP contribution in [0.4, 0.5) is 5.69 Å². The second kappa shape index (κ2) is 9.53. The van der Waals surface area contributed by atoms with Crippen molar-refractivity contribution in [3.63, 3.8) is 0 Å². The number of hydrogen-bond donors (Lipinski definition) is 3. The van der Waals surface area contributed by atoms with Gasteiger partial charge in [-0.3, -0.25) is 9.59 Å². The summed E-state index contributed by atoms with van der Waals surface area (Å²) < 4.78 is 32.1. The monoisotopic (exact) mass is 419 g/mol. The van der Waals surface area contributed by atoms with Crippen LogP contribution in [-0.4, -0.2) is 40.4 Å². The normalized spacial score (nSPS) is 11.0. The molecule has 0 aromatic heterocycles. The van der Waals surface area contributed by atoms with Crippen LogP contribution in [0.2, 0.25) is 0 Å². The Bertz CT molecular complexity index is 1000. The number of carbonyl (C=O) groups is 2. The Kier molecular flexibility index (Phi) is 7.35. The standard InChI is InChI=1S/C20H25N3O5S/c1-5-22-19(24)12-28-17-8-6-16(7-9-17)23-20(25)15-10-13(2)14(3)18(11-15)29(26,27)21-4/h6-11,21H,5,12H2,1-4H3,(H,22,24)(H,23,25). The lowest BCUT2D eigenvalue weighted by Gasteiger charge is -2.13. The van der Waals surface area contributed by atoms with Gasteiger partial charge in [0.2, 0.25) is 10.0 Å². The summed E-state index contributed by atoms with van der Waals surface area (Å²) in [6.07, 6.45) is 0. The highest BCUT2D eigenvalue weighted by Gasteiger charge is 2.19. The number of ether oxygens (including phenoxy) is 1. The van der Waals surface area contributed by atoms with Crippen molar-refractivity contribution in [3.05, 3.63) is 53.1 Å². The van der Waals surface area contributed by atoms with E-state index in [0.717, 1.165) is 0 Å². The van der Waals surface area contributed by atoms with Crippen LogP contribution in [0.25, 0.3) is 0 Å². The van der Waals surface area contributed by atoms with Crippen LogP contribution in [0.15, 0.2) is 41.3 Å². The van der Waals surface area contributed by atoms with E-state index in [1.54, 1.807) is 44.2 Å². The number of rotatable bonds is 8. The fourth-order valence-electron chi connectivity index (χ4n) is 2.58. The summed E-state index contributed by atoms with van der Waals surface area (Å²) in [5.74, 6) is -0.161. The fourth-order valence-corrected chi connectivity index (χ4v) is 3.65. The van der Waals surface area contributed by atoms with Gasteiger partial charge in [0.25, 0.3) is 11.8 Å². The minimum atomic E-state index is -3.68. The molecule has 0 aliphatic carbocycles. The third kappa shape index (κ3) is 5.78. The number of nitrogens with one attached hydrogen (secondary N) is 3. The van der Waals surface area contributed by atoms with Gasteiger partial charge in [-0.2, -0.15) is 0 Å². The maximum atomic E-state index is 12.6. The van der Waals surface area contributed by atoms with Crippen molar-refractivity contribution >= 4 is 27.5 Å². The lowest BCUT2D eigenvalue weighted by atomic mass is 10.1. The molecule has 9 heteroatoms. The molecule has 0 bridgehead atoms. The highest BCUT2D eigenvalue weighted by Crippen LogP contribution is 2.22. The van der Waals surface area contributed by atoms with Gasteiger partial charge in [0.1, 0.15) is 5.75 Å². The predicted octanol–water partition coefficient (Wildman–Crippen LogP) is 1.98. The summed E-state index contributed by atoms with van der Waals surface area (Å²) in [5.41, 5.74) is 2.03. The Morgan fingerprint density at radius 1 is 1.07 bits per heavy atom. The quantitative estimate of drug-likeness (QED) is 0.605. The SMILES string of the molecule is CCNC(=O)COc1ccc(NC(=O)c2cc(C)c(C)c(S(=O)(=O)NC)c2)cc1. The third-order valence-electron chi connectivity index (χ3n) is 4.30. The minimum Gasteiger partial charge on any atom is -0.484 e. The molecule has 0 unspecified atom stereocenters. The maximum Gasteiger partial charge on any atom is 0.257 e. The molecule has 156 valence electrons. The second-order valence-electron chi connectivity index (χ2n) is 6.34. The van der Waals surface area contributed by atoms with Crippen molar-refractivity contribution in [3.8, 4) is 5.75 Å². The molecule has 0 heterocycles. The van der Waals surface area contributed by atoms with Crippen LogP contribution >= 0.6 is 0 Å². The first kappa shape index (κ1) is 22.4. The van der Waals surface area contributed by atoms with Gasteiger partial charge in [-0.05, 0) is 75.3 Å². The van der Waals surface area contributed by atoms with Gasteiger partial charge in [-0.15, -0.1) is 0 Å². The van der Waals surface area contributed by atoms with Crippen molar-refractivity contribution in [2.45, 2.75) is 25.7 Å². The van der Waals surface area contributed by atoms with Crippen LogP contribution in [0.5, 0.6) is 5.75 Å². The molecule has 0 atom stereocenters. The third-order valence-corrected chi connectivity index (χ3v) is 5.84. The Morgan fingerprint density at radius 3 is 2.31 bits per heavy atom. The Hall–Kier alpha value is -2.91. The van der Waals surface area contributed by atoms with Crippen LogP contribution < -0.4 is 20.1 Å². The molecule has 0 saturated carbocycles. The average molecular weight is 420 g/mol. The van der Waals surface area contributed by atoms with Gasteiger partial charge < -0.3 is 15.4 Å². The van der Waals surface area contributed by atoms with Crippen LogP contribution in [0.3, 0.4) is 0 Å². The Balaban J connectivity index is 2.13. The summed E-state index contributed by atoms with van der Waals surface area (Å²) in [6, 6.07) is 9.53. The summed E-state index contributed by atoms with van der Waals surface area (Å²) in [6.45, 7) is 5.71. The van der Waals surface area contributed by atoms with Gasteiger partial charge in [0.15, 0.2) is 6.61 Å². The Labute approximate surface area is 170 Å². The van der Waals surface area contributed by atoms with Crippen molar-refractivity contribution in [2.24, 2.45) is 0 Å². The molecule has 3 N–H and O–H groups in total. The molecule has 0 saturated heterocycles. The summed E-state index contributed by atoms with van der Waals surface area (Å²) >= 11 is 0. The van der Waals surface area contributed by atoms with E-state index in [1.165, 1.54) is 13.1 Å². The van der Waals surface area contributed by atoms with Crippen LogP contribution in [0, 0.1) is 13.8 Å². The molecule has 2 amide bonds. The second-order valence-corrected chi connectivity index (χ2v) is 8.20. The summed E-state index contributed by atoms with van der Waals surface area (Å²) in [4.78, 5) is 24.1. The number of aryl methyl sites for hydroxylation is 1. The maximum absolute atomic E-state index is 12.6. The van der Waals surface area contributed by atoms with Gasteiger partial charge >= 0.3 is 0 Å². The smallest absolute Gasteiger partial charge is 0.257 e. The van der Waals surface area contributed by atoms with Crippen molar-refractivity contribution < 1.29 is 22.7 Å². The molecule has 2 rings (SSSR count). The molecule has 0 aliphatic heterocycles. The molecule has 0 spiro atoms. The molecule has 2 aromatic rings. The zero-order valence-corrected chi connectivity index (χ0v) is 17.6. The van der Waals surface area contributed by atoms with Gasteiger partial charge in [0, 0.05) is 17.8 Å². The van der Waals surface area contributed by atoms with E-state index in [4.69, 9.17) is 4.74 Å². The van der Waals surface area contributed by atoms with Gasteiger partial charge in [-0.25, -0.2) is 13.1 Å². The molecular formula is C20H25N3O5S. The van der Waals surface area contributed by atoms with Gasteiger partial charge in [-0.1, -0.05) is 0 Å². The first-order chi connectivity index (χ1) is 13.7. The number of carbonyl (C=O) groups excluding carboxylic acids is 2. The van der Waals surface area contributed by atoms with E-state index in [-0.39, 0.29) is 23.0 Å². The van der Waals surface area contributed by atoms with Crippen molar-refractivity contribution in [2.75, 3.05) is 25.5 Å². The molecule has 8 nitrogen and oxygen atoms in total. The molecule has 0 fully saturated rings. The largest absolute Gasteiger partial charge is 0.484 e. The number of hydrogen-bond acceptors (Lipinski definition) is 5. The first-order valence-corrected chi connectivity index (χ1v) is 10.5. The van der Waals surface area contributed by atoms with Crippen LogP contribution in [-0.2, 0) is 14.8 Å². The van der Waals surface area contributed by atoms with Crippen molar-refractivity contribution in [1.82, 2.24) is 10.0 Å². The number of sulfonamides is 1. The van der Waals surface area contributed by atoms with Gasteiger partial charge in [0.05, 0.1) is 4.90 Å². The Morgan fingerprint density at radius 2 is 1.72 bits per heavy atom. The molecule has 0 aliphatic rings. The number of anilines is 1. The first-order valence-electron chi connectivity index (χ1n) is 9.03. The molecule has 2 aromatic carbocycles. The lowest BCUT2D eigenvalue weighted by molar-refractivity contribution is -0.122.